The zero-order chi connectivity index (χ0) is 12.4. The van der Waals surface area contributed by atoms with Crippen LogP contribution in [0.2, 0.25) is 0 Å². The van der Waals surface area contributed by atoms with Crippen LogP contribution in [0.1, 0.15) is 23.3 Å². The van der Waals surface area contributed by atoms with Gasteiger partial charge in [0, 0.05) is 12.6 Å². The van der Waals surface area contributed by atoms with E-state index in [1.807, 2.05) is 0 Å². The van der Waals surface area contributed by atoms with Gasteiger partial charge >= 0.3 is 5.69 Å². The molecule has 0 saturated heterocycles. The van der Waals surface area contributed by atoms with Crippen molar-refractivity contribution in [3.05, 3.63) is 22.0 Å². The molecule has 0 radical (unpaired) electrons. The van der Waals surface area contributed by atoms with Crippen LogP contribution >= 0.6 is 0 Å². The number of amides is 1. The topological polar surface area (TPSA) is 112 Å². The van der Waals surface area contributed by atoms with Crippen LogP contribution in [0, 0.1) is 10.1 Å². The quantitative estimate of drug-likeness (QED) is 0.552. The smallest absolute Gasteiger partial charge is 0.319 e. The van der Waals surface area contributed by atoms with E-state index in [9.17, 15) is 14.9 Å². The highest BCUT2D eigenvalue weighted by Gasteiger charge is 2.36. The SMILES string of the molecule is O=C(c1[nH]ncc1[N+](=O)[O-])N(CCO)C1CC1. The molecule has 0 atom stereocenters. The van der Waals surface area contributed by atoms with E-state index < -0.39 is 10.8 Å². The third kappa shape index (κ3) is 2.26. The second kappa shape index (κ2) is 4.50. The van der Waals surface area contributed by atoms with Gasteiger partial charge in [-0.05, 0) is 12.8 Å². The van der Waals surface area contributed by atoms with Crippen LogP contribution < -0.4 is 0 Å². The first-order valence-electron chi connectivity index (χ1n) is 5.24. The Morgan fingerprint density at radius 1 is 1.71 bits per heavy atom. The maximum Gasteiger partial charge on any atom is 0.319 e. The first kappa shape index (κ1) is 11.5. The van der Waals surface area contributed by atoms with Gasteiger partial charge in [0.05, 0.1) is 11.5 Å². The number of carbonyl (C=O) groups is 1. The molecule has 2 rings (SSSR count). The van der Waals surface area contributed by atoms with Crippen molar-refractivity contribution in [1.82, 2.24) is 15.1 Å². The summed E-state index contributed by atoms with van der Waals surface area (Å²) in [5.74, 6) is -0.481. The van der Waals surface area contributed by atoms with Gasteiger partial charge in [0.25, 0.3) is 5.91 Å². The molecule has 0 aromatic carbocycles. The lowest BCUT2D eigenvalue weighted by Crippen LogP contribution is -2.36. The van der Waals surface area contributed by atoms with Gasteiger partial charge in [-0.1, -0.05) is 0 Å². The summed E-state index contributed by atoms with van der Waals surface area (Å²) in [6.07, 6.45) is 2.75. The van der Waals surface area contributed by atoms with Gasteiger partial charge in [0.2, 0.25) is 5.69 Å². The molecule has 1 aliphatic rings. The van der Waals surface area contributed by atoms with Gasteiger partial charge in [-0.3, -0.25) is 20.0 Å². The largest absolute Gasteiger partial charge is 0.395 e. The lowest BCUT2D eigenvalue weighted by molar-refractivity contribution is -0.385. The number of hydrogen-bond acceptors (Lipinski definition) is 5. The molecule has 92 valence electrons. The zero-order valence-corrected chi connectivity index (χ0v) is 9.00. The number of aromatic nitrogens is 2. The molecule has 0 unspecified atom stereocenters. The molecule has 1 amide bonds. The molecule has 0 bridgehead atoms. The van der Waals surface area contributed by atoms with Crippen molar-refractivity contribution in [3.8, 4) is 0 Å². The second-order valence-corrected chi connectivity index (χ2v) is 3.84. The van der Waals surface area contributed by atoms with E-state index in [1.54, 1.807) is 0 Å². The fraction of sp³-hybridized carbons (Fsp3) is 0.556. The number of H-pyrrole nitrogens is 1. The Morgan fingerprint density at radius 3 is 2.94 bits per heavy atom. The predicted molar refractivity (Wildman–Crippen MR) is 56.4 cm³/mol. The third-order valence-electron chi connectivity index (χ3n) is 2.62. The summed E-state index contributed by atoms with van der Waals surface area (Å²) in [7, 11) is 0. The Labute approximate surface area is 96.4 Å². The number of aliphatic hydroxyl groups is 1. The number of carbonyl (C=O) groups excluding carboxylic acids is 1. The van der Waals surface area contributed by atoms with Crippen molar-refractivity contribution in [2.75, 3.05) is 13.2 Å². The van der Waals surface area contributed by atoms with E-state index in [2.05, 4.69) is 10.2 Å². The van der Waals surface area contributed by atoms with Crippen LogP contribution in [0.3, 0.4) is 0 Å². The van der Waals surface area contributed by atoms with E-state index >= 15 is 0 Å². The Morgan fingerprint density at radius 2 is 2.41 bits per heavy atom. The molecule has 0 aliphatic heterocycles. The Kier molecular flexibility index (Phi) is 3.05. The maximum absolute atomic E-state index is 12.0. The van der Waals surface area contributed by atoms with Crippen molar-refractivity contribution in [1.29, 1.82) is 0 Å². The van der Waals surface area contributed by atoms with Gasteiger partial charge < -0.3 is 10.0 Å². The van der Waals surface area contributed by atoms with Crippen molar-refractivity contribution in [2.45, 2.75) is 18.9 Å². The van der Waals surface area contributed by atoms with Crippen molar-refractivity contribution in [3.63, 3.8) is 0 Å². The summed E-state index contributed by atoms with van der Waals surface area (Å²) >= 11 is 0. The number of rotatable bonds is 5. The Balaban J connectivity index is 2.22. The summed E-state index contributed by atoms with van der Waals surface area (Å²) < 4.78 is 0. The van der Waals surface area contributed by atoms with E-state index in [-0.39, 0.29) is 30.6 Å². The highest BCUT2D eigenvalue weighted by atomic mass is 16.6. The van der Waals surface area contributed by atoms with Crippen LogP contribution in [0.25, 0.3) is 0 Å². The van der Waals surface area contributed by atoms with Crippen molar-refractivity contribution in [2.24, 2.45) is 0 Å². The molecule has 17 heavy (non-hydrogen) atoms. The molecule has 8 nitrogen and oxygen atoms in total. The molecule has 1 heterocycles. The molecule has 2 N–H and O–H groups in total. The number of nitro groups is 1. The van der Waals surface area contributed by atoms with Crippen molar-refractivity contribution < 1.29 is 14.8 Å². The lowest BCUT2D eigenvalue weighted by atomic mass is 10.3. The van der Waals surface area contributed by atoms with Crippen LogP contribution in [-0.4, -0.2) is 50.2 Å². The van der Waals surface area contributed by atoms with E-state index in [0.29, 0.717) is 0 Å². The summed E-state index contributed by atoms with van der Waals surface area (Å²) in [5, 5.41) is 25.4. The minimum atomic E-state index is -0.652. The van der Waals surface area contributed by atoms with Gasteiger partial charge in [0.15, 0.2) is 0 Å². The Hall–Kier alpha value is -1.96. The van der Waals surface area contributed by atoms with Crippen molar-refractivity contribution >= 4 is 11.6 Å². The van der Waals surface area contributed by atoms with Gasteiger partial charge in [-0.15, -0.1) is 0 Å². The standard InChI is InChI=1S/C9H12N4O4/c14-4-3-12(6-1-2-6)9(15)8-7(13(16)17)5-10-11-8/h5-6,14H,1-4H2,(H,10,11). The van der Waals surface area contributed by atoms with Gasteiger partial charge in [-0.2, -0.15) is 5.10 Å². The number of aliphatic hydroxyl groups excluding tert-OH is 1. The maximum atomic E-state index is 12.0. The zero-order valence-electron chi connectivity index (χ0n) is 9.00. The van der Waals surface area contributed by atoms with Crippen LogP contribution in [0.4, 0.5) is 5.69 Å². The summed E-state index contributed by atoms with van der Waals surface area (Å²) in [5.41, 5.74) is -0.464. The first-order chi connectivity index (χ1) is 8.15. The fourth-order valence-corrected chi connectivity index (χ4v) is 1.66. The number of aromatic amines is 1. The molecule has 0 spiro atoms. The minimum Gasteiger partial charge on any atom is -0.395 e. The second-order valence-electron chi connectivity index (χ2n) is 3.84. The van der Waals surface area contributed by atoms with Crippen LogP contribution in [0.15, 0.2) is 6.20 Å². The van der Waals surface area contributed by atoms with Crippen LogP contribution in [-0.2, 0) is 0 Å². The highest BCUT2D eigenvalue weighted by Crippen LogP contribution is 2.29. The summed E-state index contributed by atoms with van der Waals surface area (Å²) in [6.45, 7) is 0.0177. The first-order valence-corrected chi connectivity index (χ1v) is 5.24. The fourth-order valence-electron chi connectivity index (χ4n) is 1.66. The number of nitrogens with one attached hydrogen (secondary N) is 1. The average molecular weight is 240 g/mol. The van der Waals surface area contributed by atoms with E-state index in [4.69, 9.17) is 5.11 Å². The molecule has 1 aromatic heterocycles. The van der Waals surface area contributed by atoms with Gasteiger partial charge in [0.1, 0.15) is 6.20 Å². The molecule has 1 saturated carbocycles. The van der Waals surface area contributed by atoms with Crippen LogP contribution in [0.5, 0.6) is 0 Å². The number of nitrogens with zero attached hydrogens (tertiary/aromatic N) is 3. The summed E-state index contributed by atoms with van der Waals surface area (Å²) in [4.78, 5) is 23.5. The number of hydrogen-bond donors (Lipinski definition) is 2. The molecule has 1 aliphatic carbocycles. The molecular formula is C9H12N4O4. The Bertz CT molecular complexity index is 440. The normalized spacial score (nSPS) is 14.6. The minimum absolute atomic E-state index is 0.0811. The van der Waals surface area contributed by atoms with E-state index in [1.165, 1.54) is 4.90 Å². The third-order valence-corrected chi connectivity index (χ3v) is 2.62. The molecule has 1 aromatic rings. The van der Waals surface area contributed by atoms with E-state index in [0.717, 1.165) is 19.0 Å². The predicted octanol–water partition coefficient (Wildman–Crippen LogP) is -0.0852. The monoisotopic (exact) mass is 240 g/mol. The van der Waals surface area contributed by atoms with Gasteiger partial charge in [-0.25, -0.2) is 0 Å². The molecule has 1 fully saturated rings. The highest BCUT2D eigenvalue weighted by molar-refractivity contribution is 5.96. The molecule has 8 heteroatoms. The average Bonchev–Trinajstić information content (AvgIpc) is 3.00. The molecular weight excluding hydrogens is 228 g/mol. The lowest BCUT2D eigenvalue weighted by Gasteiger charge is -2.19. The summed E-state index contributed by atoms with van der Waals surface area (Å²) in [6, 6.07) is 0.0811.